The average molecular weight is 462 g/mol. The van der Waals surface area contributed by atoms with Crippen molar-refractivity contribution in [2.75, 3.05) is 39.6 Å². The smallest absolute Gasteiger partial charge is 0.346 e. The van der Waals surface area contributed by atoms with E-state index >= 15 is 0 Å². The Morgan fingerprint density at radius 1 is 0.719 bits per heavy atom. The van der Waals surface area contributed by atoms with E-state index in [4.69, 9.17) is 30.6 Å². The van der Waals surface area contributed by atoms with E-state index in [1.807, 2.05) is 0 Å². The number of aliphatic hydroxyl groups excluding tert-OH is 4. The van der Waals surface area contributed by atoms with Crippen LogP contribution >= 0.6 is 0 Å². The van der Waals surface area contributed by atoms with Crippen LogP contribution in [0.2, 0.25) is 0 Å². The van der Waals surface area contributed by atoms with Gasteiger partial charge in [-0.2, -0.15) is 0 Å². The summed E-state index contributed by atoms with van der Waals surface area (Å²) in [5.41, 5.74) is 0.718. The molecule has 12 heteroatoms. The minimum atomic E-state index is -0.870. The predicted octanol–water partition coefficient (Wildman–Crippen LogP) is -0.328. The van der Waals surface area contributed by atoms with E-state index in [0.717, 1.165) is 0 Å². The molecule has 0 saturated carbocycles. The van der Waals surface area contributed by atoms with E-state index in [0.29, 0.717) is 37.2 Å². The zero-order valence-electron chi connectivity index (χ0n) is 17.5. The number of carboxylic acids is 2. The van der Waals surface area contributed by atoms with Gasteiger partial charge in [-0.1, -0.05) is 12.1 Å². The van der Waals surface area contributed by atoms with Gasteiger partial charge in [0.05, 0.1) is 50.8 Å². The molecule has 2 rings (SSSR count). The van der Waals surface area contributed by atoms with Crippen molar-refractivity contribution < 1.29 is 59.3 Å². The van der Waals surface area contributed by atoms with E-state index in [2.05, 4.69) is 9.47 Å². The molecule has 6 N–H and O–H groups in total. The van der Waals surface area contributed by atoms with Crippen LogP contribution in [0.25, 0.3) is 0 Å². The second-order valence-electron chi connectivity index (χ2n) is 5.72. The van der Waals surface area contributed by atoms with Gasteiger partial charge in [0.25, 0.3) is 0 Å². The SMILES string of the molecule is O=C(O)CCCCC(=O)O.O=C1OC(=O)c2ccccc21.OCCO.OCCOCCO. The Labute approximate surface area is 184 Å². The minimum Gasteiger partial charge on any atom is -0.481 e. The van der Waals surface area contributed by atoms with Gasteiger partial charge >= 0.3 is 23.9 Å². The number of esters is 2. The van der Waals surface area contributed by atoms with Gasteiger partial charge in [-0.05, 0) is 25.0 Å². The van der Waals surface area contributed by atoms with E-state index in [9.17, 15) is 19.2 Å². The number of aliphatic hydroxyl groups is 4. The number of cyclic esters (lactones) is 2. The van der Waals surface area contributed by atoms with Gasteiger partial charge in [0.15, 0.2) is 0 Å². The Kier molecular flexibility index (Phi) is 20.9. The first-order valence-electron chi connectivity index (χ1n) is 9.55. The van der Waals surface area contributed by atoms with Gasteiger partial charge in [0, 0.05) is 12.8 Å². The first-order chi connectivity index (χ1) is 15.2. The highest BCUT2D eigenvalue weighted by Crippen LogP contribution is 2.18. The second kappa shape index (κ2) is 21.3. The molecule has 0 radical (unpaired) electrons. The number of benzene rings is 1. The minimum absolute atomic E-state index is 0.0278. The lowest BCUT2D eigenvalue weighted by Gasteiger charge is -1.94. The Bertz CT molecular complexity index is 619. The van der Waals surface area contributed by atoms with Crippen molar-refractivity contribution in [1.82, 2.24) is 0 Å². The molecule has 0 amide bonds. The van der Waals surface area contributed by atoms with Gasteiger partial charge in [-0.25, -0.2) is 9.59 Å². The monoisotopic (exact) mass is 462 g/mol. The van der Waals surface area contributed by atoms with Crippen LogP contribution in [0.4, 0.5) is 0 Å². The summed E-state index contributed by atoms with van der Waals surface area (Å²) in [5.74, 6) is -2.84. The van der Waals surface area contributed by atoms with Crippen molar-refractivity contribution in [3.63, 3.8) is 0 Å². The third kappa shape index (κ3) is 17.9. The van der Waals surface area contributed by atoms with Gasteiger partial charge in [0.1, 0.15) is 0 Å². The zero-order chi connectivity index (χ0) is 24.8. The van der Waals surface area contributed by atoms with E-state index in [1.54, 1.807) is 24.3 Å². The van der Waals surface area contributed by atoms with Crippen molar-refractivity contribution in [2.24, 2.45) is 0 Å². The number of aliphatic carboxylic acids is 2. The van der Waals surface area contributed by atoms with Gasteiger partial charge in [0.2, 0.25) is 0 Å². The van der Waals surface area contributed by atoms with Crippen molar-refractivity contribution in [1.29, 1.82) is 0 Å². The molecular weight excluding hydrogens is 432 g/mol. The highest BCUT2D eigenvalue weighted by Gasteiger charge is 2.28. The molecule has 0 saturated heterocycles. The normalized spacial score (nSPS) is 10.9. The van der Waals surface area contributed by atoms with Crippen LogP contribution in [-0.2, 0) is 19.1 Å². The van der Waals surface area contributed by atoms with Crippen molar-refractivity contribution >= 4 is 23.9 Å². The third-order valence-electron chi connectivity index (χ3n) is 3.15. The standard InChI is InChI=1S/C8H4O3.C6H10O4.C4H10O3.C2H6O2/c9-7-5-3-1-2-4-6(5)8(10)11-7;7-5(8)3-1-2-4-6(9)10;5-1-3-7-4-2-6;3-1-2-4/h1-4H;1-4H2,(H,7,8)(H,9,10);5-6H,1-4H2;3-4H,1-2H2. The van der Waals surface area contributed by atoms with Crippen LogP contribution in [-0.4, -0.2) is 94.2 Å². The van der Waals surface area contributed by atoms with Crippen LogP contribution in [0.3, 0.4) is 0 Å². The molecule has 12 nitrogen and oxygen atoms in total. The van der Waals surface area contributed by atoms with Crippen LogP contribution in [0, 0.1) is 0 Å². The van der Waals surface area contributed by atoms with Crippen LogP contribution in [0.15, 0.2) is 24.3 Å². The van der Waals surface area contributed by atoms with E-state index in [1.165, 1.54) is 0 Å². The van der Waals surface area contributed by atoms with Crippen LogP contribution in [0.1, 0.15) is 46.4 Å². The quantitative estimate of drug-likeness (QED) is 0.150. The summed E-state index contributed by atoms with van der Waals surface area (Å²) in [6, 6.07) is 6.53. The third-order valence-corrected chi connectivity index (χ3v) is 3.15. The van der Waals surface area contributed by atoms with Crippen molar-refractivity contribution in [3.05, 3.63) is 35.4 Å². The van der Waals surface area contributed by atoms with Crippen molar-refractivity contribution in [3.8, 4) is 0 Å². The predicted molar refractivity (Wildman–Crippen MR) is 109 cm³/mol. The molecule has 0 aliphatic carbocycles. The lowest BCUT2D eigenvalue weighted by Crippen LogP contribution is -2.03. The largest absolute Gasteiger partial charge is 0.481 e. The fourth-order valence-corrected chi connectivity index (χ4v) is 1.82. The summed E-state index contributed by atoms with van der Waals surface area (Å²) in [6.07, 6.45) is 1.02. The molecule has 0 atom stereocenters. The van der Waals surface area contributed by atoms with Gasteiger partial charge in [-0.15, -0.1) is 0 Å². The number of carboxylic acid groups (broad SMARTS) is 2. The Hall–Kier alpha value is -2.90. The number of hydrogen-bond acceptors (Lipinski definition) is 10. The first-order valence-corrected chi connectivity index (χ1v) is 9.55. The lowest BCUT2D eigenvalue weighted by atomic mass is 10.1. The Balaban J connectivity index is 0. The average Bonchev–Trinajstić information content (AvgIpc) is 3.06. The number of rotatable bonds is 10. The second-order valence-corrected chi connectivity index (χ2v) is 5.72. The molecule has 182 valence electrons. The van der Waals surface area contributed by atoms with E-state index < -0.39 is 23.9 Å². The van der Waals surface area contributed by atoms with Crippen LogP contribution < -0.4 is 0 Å². The summed E-state index contributed by atoms with van der Waals surface area (Å²) in [5, 5.41) is 47.7. The number of unbranched alkanes of at least 4 members (excludes halogenated alkanes) is 1. The molecule has 0 unspecified atom stereocenters. The summed E-state index contributed by atoms with van der Waals surface area (Å²) in [6.45, 7) is 0.446. The molecular formula is C20H30O12. The summed E-state index contributed by atoms with van der Waals surface area (Å²) >= 11 is 0. The Morgan fingerprint density at radius 2 is 1.09 bits per heavy atom. The number of carbonyl (C=O) groups excluding carboxylic acids is 2. The number of carbonyl (C=O) groups is 4. The highest BCUT2D eigenvalue weighted by atomic mass is 16.6. The van der Waals surface area contributed by atoms with E-state index in [-0.39, 0.29) is 39.3 Å². The number of hydrogen-bond donors (Lipinski definition) is 6. The van der Waals surface area contributed by atoms with Crippen LogP contribution in [0.5, 0.6) is 0 Å². The lowest BCUT2D eigenvalue weighted by molar-refractivity contribution is -0.139. The molecule has 32 heavy (non-hydrogen) atoms. The summed E-state index contributed by atoms with van der Waals surface area (Å²) in [4.78, 5) is 41.5. The molecule has 0 fully saturated rings. The molecule has 1 aromatic carbocycles. The van der Waals surface area contributed by atoms with Gasteiger partial charge < -0.3 is 40.1 Å². The summed E-state index contributed by atoms with van der Waals surface area (Å²) < 4.78 is 8.99. The fraction of sp³-hybridized carbons (Fsp3) is 0.500. The van der Waals surface area contributed by atoms with Gasteiger partial charge in [-0.3, -0.25) is 9.59 Å². The molecule has 1 aliphatic rings. The summed E-state index contributed by atoms with van der Waals surface area (Å²) in [7, 11) is 0. The molecule has 1 heterocycles. The molecule has 1 aromatic rings. The highest BCUT2D eigenvalue weighted by molar-refractivity contribution is 6.14. The first kappa shape index (κ1) is 31.3. The fourth-order valence-electron chi connectivity index (χ4n) is 1.82. The molecule has 0 spiro atoms. The zero-order valence-corrected chi connectivity index (χ0v) is 17.5. The maximum atomic E-state index is 10.8. The number of fused-ring (bicyclic) bond motifs is 1. The number of ether oxygens (including phenoxy) is 2. The van der Waals surface area contributed by atoms with Crippen molar-refractivity contribution in [2.45, 2.75) is 25.7 Å². The molecule has 1 aliphatic heterocycles. The Morgan fingerprint density at radius 3 is 1.38 bits per heavy atom. The topological polar surface area (TPSA) is 208 Å². The maximum Gasteiger partial charge on any atom is 0.346 e. The maximum absolute atomic E-state index is 10.8. The molecule has 0 aromatic heterocycles. The molecule has 0 bridgehead atoms.